The summed E-state index contributed by atoms with van der Waals surface area (Å²) < 4.78 is 41.8. The summed E-state index contributed by atoms with van der Waals surface area (Å²) in [6.07, 6.45) is 7.63. The van der Waals surface area contributed by atoms with Crippen LogP contribution in [-0.4, -0.2) is 58.0 Å². The first-order chi connectivity index (χ1) is 20.3. The van der Waals surface area contributed by atoms with Crippen molar-refractivity contribution in [2.45, 2.75) is 56.5 Å². The van der Waals surface area contributed by atoms with Crippen molar-refractivity contribution in [2.24, 2.45) is 7.05 Å². The molecule has 0 spiro atoms. The van der Waals surface area contributed by atoms with Gasteiger partial charge < -0.3 is 10.2 Å². The second kappa shape index (κ2) is 12.3. The number of hydrogen-bond donors (Lipinski definition) is 1. The lowest BCUT2D eigenvalue weighted by atomic mass is 9.89. The Kier molecular flexibility index (Phi) is 8.92. The normalized spacial score (nSPS) is 15.1. The molecule has 0 radical (unpaired) electrons. The molecule has 1 aliphatic heterocycles. The number of anilines is 2. The van der Waals surface area contributed by atoms with E-state index in [4.69, 9.17) is 16.6 Å². The van der Waals surface area contributed by atoms with Crippen molar-refractivity contribution in [3.05, 3.63) is 88.2 Å². The topological polar surface area (TPSA) is 93.0 Å². The third-order valence-corrected chi connectivity index (χ3v) is 11.0. The van der Waals surface area contributed by atoms with E-state index in [9.17, 15) is 8.42 Å². The second-order valence-electron chi connectivity index (χ2n) is 12.4. The van der Waals surface area contributed by atoms with Gasteiger partial charge in [0, 0.05) is 47.7 Å². The Hall–Kier alpha value is -3.34. The molecule has 1 N–H and O–H groups in total. The molecule has 1 fully saturated rings. The quantitative estimate of drug-likeness (QED) is 0.238. The van der Waals surface area contributed by atoms with Crippen LogP contribution in [0, 0.1) is 5.82 Å². The molecule has 0 saturated carbocycles. The molecule has 228 valence electrons. The Labute approximate surface area is 258 Å². The third kappa shape index (κ3) is 7.25. The van der Waals surface area contributed by atoms with E-state index in [1.807, 2.05) is 37.5 Å². The number of likely N-dealkylation sites (tertiary alicyclic amines) is 1. The first-order valence-corrected chi connectivity index (χ1v) is 16.4. The smallest absolute Gasteiger partial charge is 0.227 e. The minimum Gasteiger partial charge on any atom is -0.324 e. The number of nitrogens with zero attached hydrogens (tertiary/aromatic N) is 5. The van der Waals surface area contributed by atoms with Crippen LogP contribution >= 0.6 is 11.6 Å². The molecule has 1 saturated heterocycles. The predicted octanol–water partition coefficient (Wildman–Crippen LogP) is 6.53. The Morgan fingerprint density at radius 1 is 1.07 bits per heavy atom. The summed E-state index contributed by atoms with van der Waals surface area (Å²) in [7, 11) is 0.499. The molecule has 2 aromatic carbocycles. The lowest BCUT2D eigenvalue weighted by molar-refractivity contribution is 0.253. The number of aromatic nitrogens is 4. The SMILES string of the molecule is CN1CCC(c2ccc(Nc3ncc(-c4cnn(C)c4)c(Cc4ccc(Cl)c(CS(=O)(=O)C(C)(C)C)c4)n3)cc2F)CC1. The Balaban J connectivity index is 1.43. The van der Waals surface area contributed by atoms with Gasteiger partial charge in [0.15, 0.2) is 9.84 Å². The molecule has 43 heavy (non-hydrogen) atoms. The van der Waals surface area contributed by atoms with Gasteiger partial charge in [-0.2, -0.15) is 5.10 Å². The molecular formula is C32H38ClFN6O2S. The highest BCUT2D eigenvalue weighted by molar-refractivity contribution is 7.91. The van der Waals surface area contributed by atoms with Crippen molar-refractivity contribution in [1.29, 1.82) is 0 Å². The van der Waals surface area contributed by atoms with Crippen LogP contribution in [0.1, 0.15) is 61.9 Å². The van der Waals surface area contributed by atoms with Crippen molar-refractivity contribution in [3.8, 4) is 11.1 Å². The molecular weight excluding hydrogens is 587 g/mol. The average Bonchev–Trinajstić information content (AvgIpc) is 3.36. The summed E-state index contributed by atoms with van der Waals surface area (Å²) in [4.78, 5) is 11.6. The largest absolute Gasteiger partial charge is 0.324 e. The van der Waals surface area contributed by atoms with Crippen molar-refractivity contribution in [1.82, 2.24) is 24.6 Å². The average molecular weight is 625 g/mol. The lowest BCUT2D eigenvalue weighted by Crippen LogP contribution is -2.29. The molecule has 4 aromatic rings. The first kappa shape index (κ1) is 31.1. The van der Waals surface area contributed by atoms with E-state index in [0.717, 1.165) is 48.2 Å². The molecule has 0 aliphatic carbocycles. The zero-order valence-corrected chi connectivity index (χ0v) is 26.8. The maximum Gasteiger partial charge on any atom is 0.227 e. The molecule has 0 atom stereocenters. The Bertz CT molecular complexity index is 1730. The van der Waals surface area contributed by atoms with Crippen LogP contribution in [0.25, 0.3) is 11.1 Å². The van der Waals surface area contributed by atoms with E-state index in [1.54, 1.807) is 43.9 Å². The van der Waals surface area contributed by atoms with Crippen LogP contribution in [0.4, 0.5) is 16.0 Å². The van der Waals surface area contributed by atoms with Gasteiger partial charge in [-0.1, -0.05) is 29.8 Å². The van der Waals surface area contributed by atoms with Crippen LogP contribution in [-0.2, 0) is 29.1 Å². The standard InChI is InChI=1S/C32H38ClFN6O2S/c1-32(2,3)43(41,42)20-23-14-21(6-9-28(23)33)15-30-27(24-17-36-40(5)19-24)18-35-31(38-30)37-25-7-8-26(29(34)16-25)22-10-12-39(4)13-11-22/h6-9,14,16-19,22H,10-13,15,20H2,1-5H3,(H,35,37,38). The van der Waals surface area contributed by atoms with E-state index in [1.165, 1.54) is 6.07 Å². The van der Waals surface area contributed by atoms with E-state index >= 15 is 4.39 Å². The van der Waals surface area contributed by atoms with Gasteiger partial charge in [0.1, 0.15) is 5.82 Å². The van der Waals surface area contributed by atoms with E-state index in [-0.39, 0.29) is 17.5 Å². The maximum absolute atomic E-state index is 15.2. The van der Waals surface area contributed by atoms with Crippen molar-refractivity contribution < 1.29 is 12.8 Å². The summed E-state index contributed by atoms with van der Waals surface area (Å²) in [5, 5.41) is 7.87. The number of nitrogens with one attached hydrogen (secondary N) is 1. The molecule has 8 nitrogen and oxygen atoms in total. The second-order valence-corrected chi connectivity index (χ2v) is 15.5. The number of benzene rings is 2. The number of hydrogen-bond acceptors (Lipinski definition) is 7. The van der Waals surface area contributed by atoms with Gasteiger partial charge in [0.25, 0.3) is 0 Å². The van der Waals surface area contributed by atoms with E-state index < -0.39 is 14.6 Å². The number of aryl methyl sites for hydroxylation is 1. The minimum atomic E-state index is -3.43. The number of piperidine rings is 1. The summed E-state index contributed by atoms with van der Waals surface area (Å²) in [5.41, 5.74) is 5.07. The molecule has 11 heteroatoms. The zero-order chi connectivity index (χ0) is 30.9. The monoisotopic (exact) mass is 624 g/mol. The molecule has 2 aromatic heterocycles. The zero-order valence-electron chi connectivity index (χ0n) is 25.2. The molecule has 0 amide bonds. The van der Waals surface area contributed by atoms with E-state index in [0.29, 0.717) is 34.3 Å². The van der Waals surface area contributed by atoms with Gasteiger partial charge in [-0.3, -0.25) is 4.68 Å². The molecule has 0 bridgehead atoms. The van der Waals surface area contributed by atoms with Gasteiger partial charge in [0.05, 0.1) is 22.4 Å². The van der Waals surface area contributed by atoms with Gasteiger partial charge in [-0.15, -0.1) is 0 Å². The lowest BCUT2D eigenvalue weighted by Gasteiger charge is -2.29. The summed E-state index contributed by atoms with van der Waals surface area (Å²) in [6.45, 7) is 6.98. The van der Waals surface area contributed by atoms with Crippen LogP contribution in [0.15, 0.2) is 55.0 Å². The molecule has 1 aliphatic rings. The van der Waals surface area contributed by atoms with Gasteiger partial charge >= 0.3 is 0 Å². The van der Waals surface area contributed by atoms with Gasteiger partial charge in [0.2, 0.25) is 5.95 Å². The fraction of sp³-hybridized carbons (Fsp3) is 0.406. The van der Waals surface area contributed by atoms with Crippen LogP contribution in [0.2, 0.25) is 5.02 Å². The first-order valence-electron chi connectivity index (χ1n) is 14.4. The summed E-state index contributed by atoms with van der Waals surface area (Å²) in [5.74, 6) is 0.160. The summed E-state index contributed by atoms with van der Waals surface area (Å²) in [6, 6.07) is 10.7. The fourth-order valence-electron chi connectivity index (χ4n) is 5.26. The van der Waals surface area contributed by atoms with Crippen LogP contribution < -0.4 is 5.32 Å². The minimum absolute atomic E-state index is 0.158. The van der Waals surface area contributed by atoms with Crippen molar-refractivity contribution in [2.75, 3.05) is 25.5 Å². The van der Waals surface area contributed by atoms with Crippen molar-refractivity contribution in [3.63, 3.8) is 0 Å². The number of halogens is 2. The van der Waals surface area contributed by atoms with Crippen molar-refractivity contribution >= 4 is 33.1 Å². The summed E-state index contributed by atoms with van der Waals surface area (Å²) >= 11 is 6.44. The Morgan fingerprint density at radius 3 is 2.47 bits per heavy atom. The van der Waals surface area contributed by atoms with Gasteiger partial charge in [-0.05, 0) is 94.6 Å². The van der Waals surface area contributed by atoms with E-state index in [2.05, 4.69) is 27.3 Å². The highest BCUT2D eigenvalue weighted by atomic mass is 35.5. The van der Waals surface area contributed by atoms with Gasteiger partial charge in [-0.25, -0.2) is 22.8 Å². The Morgan fingerprint density at radius 2 is 1.81 bits per heavy atom. The highest BCUT2D eigenvalue weighted by Gasteiger charge is 2.30. The van der Waals surface area contributed by atoms with Crippen LogP contribution in [0.3, 0.4) is 0 Å². The van der Waals surface area contributed by atoms with Crippen LogP contribution in [0.5, 0.6) is 0 Å². The fourth-order valence-corrected chi connectivity index (χ4v) is 6.61. The maximum atomic E-state index is 15.2. The molecule has 5 rings (SSSR count). The number of rotatable bonds is 8. The third-order valence-electron chi connectivity index (χ3n) is 8.06. The highest BCUT2D eigenvalue weighted by Crippen LogP contribution is 2.32. The predicted molar refractivity (Wildman–Crippen MR) is 170 cm³/mol. The number of sulfone groups is 1. The molecule has 0 unspecified atom stereocenters. The molecule has 3 heterocycles.